The normalized spacial score (nSPS) is 23.4. The van der Waals surface area contributed by atoms with Gasteiger partial charge in [0.2, 0.25) is 5.91 Å². The highest BCUT2D eigenvalue weighted by Crippen LogP contribution is 2.29. The molecule has 1 aromatic carbocycles. The van der Waals surface area contributed by atoms with Gasteiger partial charge in [-0.1, -0.05) is 18.2 Å². The first-order valence-corrected chi connectivity index (χ1v) is 14.2. The minimum atomic E-state index is -0.612. The number of piperazine rings is 1. The number of para-hydroxylation sites is 1. The number of anilines is 1. The van der Waals surface area contributed by atoms with Crippen molar-refractivity contribution in [2.75, 3.05) is 56.2 Å². The van der Waals surface area contributed by atoms with Gasteiger partial charge in [0.25, 0.3) is 0 Å². The van der Waals surface area contributed by atoms with Crippen LogP contribution in [0.25, 0.3) is 0 Å². The minimum absolute atomic E-state index is 0.0377. The van der Waals surface area contributed by atoms with Gasteiger partial charge in [-0.2, -0.15) is 0 Å². The molecular formula is C27H40N6O3S. The van der Waals surface area contributed by atoms with Crippen LogP contribution >= 0.6 is 11.8 Å². The lowest BCUT2D eigenvalue weighted by Gasteiger charge is -2.40. The van der Waals surface area contributed by atoms with E-state index in [4.69, 9.17) is 10.1 Å². The Labute approximate surface area is 224 Å². The molecule has 0 unspecified atom stereocenters. The second kappa shape index (κ2) is 11.8. The second-order valence-corrected chi connectivity index (χ2v) is 12.0. The van der Waals surface area contributed by atoms with Crippen LogP contribution in [-0.4, -0.2) is 106 Å². The van der Waals surface area contributed by atoms with Gasteiger partial charge in [-0.3, -0.25) is 14.6 Å². The fourth-order valence-electron chi connectivity index (χ4n) is 5.04. The molecule has 202 valence electrons. The fraction of sp³-hybridized carbons (Fsp3) is 0.593. The number of likely N-dealkylation sites (tertiary alicyclic amines) is 1. The number of carbonyl (C=O) groups is 2. The van der Waals surface area contributed by atoms with Gasteiger partial charge >= 0.3 is 6.09 Å². The lowest BCUT2D eigenvalue weighted by Crippen LogP contribution is -2.51. The molecule has 0 saturated carbocycles. The molecule has 0 bridgehead atoms. The molecule has 3 aliphatic heterocycles. The molecule has 3 fully saturated rings. The number of nitrogens with zero attached hydrogens (tertiary/aromatic N) is 4. The molecule has 0 radical (unpaired) electrons. The Morgan fingerprint density at radius 1 is 1.08 bits per heavy atom. The molecule has 4 rings (SSSR count). The molecular weight excluding hydrogens is 488 g/mol. The average molecular weight is 529 g/mol. The summed E-state index contributed by atoms with van der Waals surface area (Å²) in [6.45, 7) is 11.8. The molecule has 0 aromatic heterocycles. The van der Waals surface area contributed by atoms with E-state index >= 15 is 0 Å². The van der Waals surface area contributed by atoms with E-state index in [1.807, 2.05) is 62.1 Å². The molecule has 2 atom stereocenters. The third-order valence-electron chi connectivity index (χ3n) is 6.83. The smallest absolute Gasteiger partial charge is 0.411 e. The number of amides is 2. The predicted octanol–water partition coefficient (Wildman–Crippen LogP) is 3.51. The summed E-state index contributed by atoms with van der Waals surface area (Å²) < 4.78 is 5.69. The van der Waals surface area contributed by atoms with Gasteiger partial charge in [-0.05, 0) is 52.3 Å². The van der Waals surface area contributed by atoms with Crippen LogP contribution in [0.3, 0.4) is 0 Å². The predicted molar refractivity (Wildman–Crippen MR) is 149 cm³/mol. The van der Waals surface area contributed by atoms with Crippen molar-refractivity contribution in [3.63, 3.8) is 0 Å². The Morgan fingerprint density at radius 2 is 1.78 bits per heavy atom. The van der Waals surface area contributed by atoms with E-state index in [2.05, 4.69) is 15.1 Å². The number of allylic oxidation sites excluding steroid dienone is 1. The lowest BCUT2D eigenvalue weighted by molar-refractivity contribution is -0.134. The van der Waals surface area contributed by atoms with E-state index in [0.29, 0.717) is 24.6 Å². The zero-order chi connectivity index (χ0) is 26.6. The van der Waals surface area contributed by atoms with Crippen LogP contribution in [0.1, 0.15) is 34.1 Å². The maximum atomic E-state index is 13.4. The number of benzene rings is 1. The van der Waals surface area contributed by atoms with Crippen LogP contribution in [-0.2, 0) is 9.53 Å². The van der Waals surface area contributed by atoms with Crippen molar-refractivity contribution < 1.29 is 14.3 Å². The SMILES string of the molecule is CC(=N)/C=C(\Nc1ccccc1)N1CCN([C@H]2C[C@@H](C(=O)N3CCSC3)N(C(=O)OC(C)(C)C)C2)CC1. The van der Waals surface area contributed by atoms with E-state index in [0.717, 1.165) is 50.0 Å². The maximum absolute atomic E-state index is 13.4. The van der Waals surface area contributed by atoms with Gasteiger partial charge in [-0.15, -0.1) is 11.8 Å². The summed E-state index contributed by atoms with van der Waals surface area (Å²) in [4.78, 5) is 34.7. The molecule has 10 heteroatoms. The number of hydrogen-bond acceptors (Lipinski definition) is 8. The standard InChI is InChI=1S/C27H40N6O3S/c1-20(28)16-24(29-21-8-6-5-7-9-21)31-12-10-30(11-13-31)22-17-23(25(34)32-14-15-37-19-32)33(18-22)26(35)36-27(2,3)4/h5-9,16,22-23,28-29H,10-15,17-19H2,1-4H3/b24-16+,28-20?/t22-,23-/m0/s1. The largest absolute Gasteiger partial charge is 0.444 e. The van der Waals surface area contributed by atoms with Gasteiger partial charge in [0.15, 0.2) is 0 Å². The molecule has 3 saturated heterocycles. The van der Waals surface area contributed by atoms with E-state index in [1.165, 1.54) is 0 Å². The van der Waals surface area contributed by atoms with E-state index in [9.17, 15) is 9.59 Å². The number of hydrogen-bond donors (Lipinski definition) is 2. The summed E-state index contributed by atoms with van der Waals surface area (Å²) in [5.74, 6) is 2.59. The summed E-state index contributed by atoms with van der Waals surface area (Å²) in [5.41, 5.74) is 0.869. The van der Waals surface area contributed by atoms with Crippen LogP contribution in [0.2, 0.25) is 0 Å². The van der Waals surface area contributed by atoms with E-state index in [-0.39, 0.29) is 11.9 Å². The first-order valence-electron chi connectivity index (χ1n) is 13.0. The quantitative estimate of drug-likeness (QED) is 0.546. The minimum Gasteiger partial charge on any atom is -0.444 e. The monoisotopic (exact) mass is 528 g/mol. The first-order chi connectivity index (χ1) is 17.6. The average Bonchev–Trinajstić information content (AvgIpc) is 3.54. The Hall–Kier alpha value is -2.72. The number of carbonyl (C=O) groups excluding carboxylic acids is 2. The van der Waals surface area contributed by atoms with Crippen molar-refractivity contribution in [1.82, 2.24) is 19.6 Å². The fourth-order valence-corrected chi connectivity index (χ4v) is 6.00. The number of thioether (sulfide) groups is 1. The lowest BCUT2D eigenvalue weighted by atomic mass is 10.1. The molecule has 37 heavy (non-hydrogen) atoms. The molecule has 1 aromatic rings. The summed E-state index contributed by atoms with van der Waals surface area (Å²) in [6.07, 6.45) is 2.09. The van der Waals surface area contributed by atoms with Crippen LogP contribution in [0.15, 0.2) is 42.2 Å². The number of nitrogens with one attached hydrogen (secondary N) is 2. The molecule has 2 amide bonds. The third-order valence-corrected chi connectivity index (χ3v) is 7.79. The van der Waals surface area contributed by atoms with Crippen molar-refractivity contribution in [3.8, 4) is 0 Å². The van der Waals surface area contributed by atoms with Crippen LogP contribution in [0.4, 0.5) is 10.5 Å². The van der Waals surface area contributed by atoms with Crippen LogP contribution < -0.4 is 5.32 Å². The highest BCUT2D eigenvalue weighted by molar-refractivity contribution is 7.99. The second-order valence-electron chi connectivity index (χ2n) is 10.9. The van der Waals surface area contributed by atoms with E-state index in [1.54, 1.807) is 23.6 Å². The van der Waals surface area contributed by atoms with Crippen LogP contribution in [0.5, 0.6) is 0 Å². The Bertz CT molecular complexity index is 997. The van der Waals surface area contributed by atoms with Gasteiger partial charge in [-0.25, -0.2) is 4.79 Å². The van der Waals surface area contributed by atoms with Gasteiger partial charge in [0, 0.05) is 62.5 Å². The molecule has 3 heterocycles. The Morgan fingerprint density at radius 3 is 2.38 bits per heavy atom. The maximum Gasteiger partial charge on any atom is 0.411 e. The van der Waals surface area contributed by atoms with Gasteiger partial charge in [0.1, 0.15) is 17.5 Å². The summed E-state index contributed by atoms with van der Waals surface area (Å²) in [6, 6.07) is 9.63. The topological polar surface area (TPSA) is 92.2 Å². The highest BCUT2D eigenvalue weighted by atomic mass is 32.2. The summed E-state index contributed by atoms with van der Waals surface area (Å²) >= 11 is 1.75. The summed E-state index contributed by atoms with van der Waals surface area (Å²) in [7, 11) is 0. The van der Waals surface area contributed by atoms with Crippen molar-refractivity contribution >= 4 is 35.2 Å². The Kier molecular flexibility index (Phi) is 8.69. The zero-order valence-electron chi connectivity index (χ0n) is 22.4. The highest BCUT2D eigenvalue weighted by Gasteiger charge is 2.45. The van der Waals surface area contributed by atoms with E-state index < -0.39 is 17.7 Å². The molecule has 3 aliphatic rings. The number of rotatable bonds is 6. The van der Waals surface area contributed by atoms with Gasteiger partial charge in [0.05, 0.1) is 5.88 Å². The van der Waals surface area contributed by atoms with Crippen molar-refractivity contribution in [3.05, 3.63) is 42.2 Å². The zero-order valence-corrected chi connectivity index (χ0v) is 23.2. The molecule has 0 spiro atoms. The first kappa shape index (κ1) is 27.3. The summed E-state index contributed by atoms with van der Waals surface area (Å²) in [5, 5.41) is 11.5. The molecule has 0 aliphatic carbocycles. The van der Waals surface area contributed by atoms with Crippen molar-refractivity contribution in [1.29, 1.82) is 5.41 Å². The van der Waals surface area contributed by atoms with Gasteiger partial charge < -0.3 is 25.3 Å². The number of ether oxygens (including phenoxy) is 1. The van der Waals surface area contributed by atoms with Crippen LogP contribution in [0, 0.1) is 5.41 Å². The Balaban J connectivity index is 1.42. The van der Waals surface area contributed by atoms with Crippen molar-refractivity contribution in [2.45, 2.75) is 51.8 Å². The van der Waals surface area contributed by atoms with Crippen molar-refractivity contribution in [2.24, 2.45) is 0 Å². The molecule has 2 N–H and O–H groups in total. The third kappa shape index (κ3) is 7.19. The molecule has 9 nitrogen and oxygen atoms in total.